The van der Waals surface area contributed by atoms with E-state index in [1.54, 1.807) is 6.92 Å². The summed E-state index contributed by atoms with van der Waals surface area (Å²) in [5.74, 6) is -1.56. The van der Waals surface area contributed by atoms with Gasteiger partial charge in [-0.15, -0.1) is 0 Å². The zero-order valence-electron chi connectivity index (χ0n) is 9.72. The summed E-state index contributed by atoms with van der Waals surface area (Å²) < 4.78 is 0. The second-order valence-corrected chi connectivity index (χ2v) is 4.25. The van der Waals surface area contributed by atoms with Crippen molar-refractivity contribution in [2.45, 2.75) is 45.3 Å². The number of hydrogen-bond donors (Lipinski definition) is 2. The zero-order chi connectivity index (χ0) is 12.3. The number of nitrogens with zero attached hydrogens (tertiary/aromatic N) is 1. The molecule has 0 bridgehead atoms. The minimum Gasteiger partial charge on any atom is -0.480 e. The maximum absolute atomic E-state index is 11.7. The highest BCUT2D eigenvalue weighted by atomic mass is 16.4. The van der Waals surface area contributed by atoms with E-state index in [4.69, 9.17) is 5.11 Å². The molecule has 1 rings (SSSR count). The fraction of sp³-hybridized carbons (Fsp3) is 0.818. The highest BCUT2D eigenvalue weighted by molar-refractivity contribution is 5.88. The van der Waals surface area contributed by atoms with Gasteiger partial charge in [-0.05, 0) is 12.8 Å². The van der Waals surface area contributed by atoms with Crippen LogP contribution in [0.15, 0.2) is 0 Å². The van der Waals surface area contributed by atoms with Gasteiger partial charge in [0, 0.05) is 12.5 Å². The van der Waals surface area contributed by atoms with Crippen LogP contribution in [0.25, 0.3) is 0 Å². The van der Waals surface area contributed by atoms with E-state index < -0.39 is 24.0 Å². The summed E-state index contributed by atoms with van der Waals surface area (Å²) in [6.45, 7) is 4.07. The molecule has 16 heavy (non-hydrogen) atoms. The Bertz CT molecular complexity index is 279. The van der Waals surface area contributed by atoms with Crippen molar-refractivity contribution in [3.63, 3.8) is 0 Å². The average Bonchev–Trinajstić information content (AvgIpc) is 2.48. The van der Waals surface area contributed by atoms with E-state index in [9.17, 15) is 14.7 Å². The van der Waals surface area contributed by atoms with Gasteiger partial charge in [0.1, 0.15) is 12.1 Å². The van der Waals surface area contributed by atoms with Crippen LogP contribution < -0.4 is 0 Å². The number of aliphatic carboxylic acids is 1. The van der Waals surface area contributed by atoms with E-state index in [1.165, 1.54) is 4.90 Å². The minimum absolute atomic E-state index is 0.120. The molecule has 1 amide bonds. The maximum Gasteiger partial charge on any atom is 0.326 e. The van der Waals surface area contributed by atoms with Gasteiger partial charge in [0.05, 0.1) is 0 Å². The molecule has 0 spiro atoms. The van der Waals surface area contributed by atoms with Crippen LogP contribution in [-0.4, -0.2) is 45.7 Å². The predicted molar refractivity (Wildman–Crippen MR) is 57.8 cm³/mol. The van der Waals surface area contributed by atoms with Crippen molar-refractivity contribution in [1.82, 2.24) is 4.90 Å². The summed E-state index contributed by atoms with van der Waals surface area (Å²) in [5.41, 5.74) is 0. The summed E-state index contributed by atoms with van der Waals surface area (Å²) in [6.07, 6.45) is 0.979. The second-order valence-electron chi connectivity index (χ2n) is 4.25. The van der Waals surface area contributed by atoms with E-state index in [1.807, 2.05) is 6.92 Å². The summed E-state index contributed by atoms with van der Waals surface area (Å²) in [6, 6.07) is -0.802. The Morgan fingerprint density at radius 1 is 1.56 bits per heavy atom. The number of rotatable bonds is 5. The Balaban J connectivity index is 2.76. The first-order valence-corrected chi connectivity index (χ1v) is 5.74. The maximum atomic E-state index is 11.7. The largest absolute Gasteiger partial charge is 0.480 e. The predicted octanol–water partition coefficient (Wildman–Crippen LogP) is 0.469. The highest BCUT2D eigenvalue weighted by Crippen LogP contribution is 2.25. The first-order valence-electron chi connectivity index (χ1n) is 5.74. The molecule has 0 aromatic carbocycles. The highest BCUT2D eigenvalue weighted by Gasteiger charge is 2.42. The lowest BCUT2D eigenvalue weighted by Crippen LogP contribution is -2.43. The van der Waals surface area contributed by atoms with Crippen LogP contribution in [0.5, 0.6) is 0 Å². The van der Waals surface area contributed by atoms with Gasteiger partial charge < -0.3 is 15.1 Å². The number of carboxylic acids is 1. The summed E-state index contributed by atoms with van der Waals surface area (Å²) in [4.78, 5) is 24.0. The molecule has 0 aliphatic carbocycles. The Hall–Kier alpha value is -1.10. The molecule has 5 heteroatoms. The molecular formula is C11H19NO4. The van der Waals surface area contributed by atoms with Gasteiger partial charge in [0.25, 0.3) is 5.91 Å². The Kier molecular flexibility index (Phi) is 4.29. The van der Waals surface area contributed by atoms with Gasteiger partial charge >= 0.3 is 5.97 Å². The van der Waals surface area contributed by atoms with E-state index >= 15 is 0 Å². The zero-order valence-corrected chi connectivity index (χ0v) is 9.72. The van der Waals surface area contributed by atoms with Crippen molar-refractivity contribution >= 4 is 11.9 Å². The molecule has 1 aliphatic rings. The molecule has 0 aromatic heterocycles. The molecule has 1 fully saturated rings. The third kappa shape index (κ3) is 2.35. The standard InChI is InChI=1S/C11H19NO4/c1-3-5-7-6-12(10(14)9(7)13)8(4-2)11(15)16/h7-9,13H,3-6H2,1-2H3,(H,15,16)/t7-,8+,9-/m1/s1. The number of carboxylic acid groups (broad SMARTS) is 1. The SMILES string of the molecule is CCC[C@@H]1CN([C@@H](CC)C(=O)O)C(=O)[C@@H]1O. The molecule has 1 saturated heterocycles. The number of carbonyl (C=O) groups is 2. The van der Waals surface area contributed by atoms with Crippen molar-refractivity contribution in [3.05, 3.63) is 0 Å². The average molecular weight is 229 g/mol. The molecule has 0 saturated carbocycles. The molecule has 5 nitrogen and oxygen atoms in total. The van der Waals surface area contributed by atoms with Crippen LogP contribution in [0, 0.1) is 5.92 Å². The van der Waals surface area contributed by atoms with Crippen LogP contribution in [0.2, 0.25) is 0 Å². The smallest absolute Gasteiger partial charge is 0.326 e. The van der Waals surface area contributed by atoms with Gasteiger partial charge in [-0.25, -0.2) is 4.79 Å². The van der Waals surface area contributed by atoms with Gasteiger partial charge in [-0.2, -0.15) is 0 Å². The number of aliphatic hydroxyl groups excluding tert-OH is 1. The third-order valence-corrected chi connectivity index (χ3v) is 3.12. The van der Waals surface area contributed by atoms with E-state index in [2.05, 4.69) is 0 Å². The topological polar surface area (TPSA) is 77.8 Å². The minimum atomic E-state index is -1.02. The summed E-state index contributed by atoms with van der Waals surface area (Å²) in [7, 11) is 0. The fourth-order valence-electron chi connectivity index (χ4n) is 2.24. The van der Waals surface area contributed by atoms with Crippen molar-refractivity contribution in [1.29, 1.82) is 0 Å². The lowest BCUT2D eigenvalue weighted by atomic mass is 10.0. The first-order chi connectivity index (χ1) is 7.52. The monoisotopic (exact) mass is 229 g/mol. The number of likely N-dealkylation sites (tertiary alicyclic amines) is 1. The number of carbonyl (C=O) groups excluding carboxylic acids is 1. The van der Waals surface area contributed by atoms with Gasteiger partial charge in [-0.1, -0.05) is 20.3 Å². The molecule has 92 valence electrons. The molecular weight excluding hydrogens is 210 g/mol. The molecule has 1 heterocycles. The van der Waals surface area contributed by atoms with E-state index in [0.717, 1.165) is 12.8 Å². The normalized spacial score (nSPS) is 27.2. The van der Waals surface area contributed by atoms with Crippen LogP contribution in [0.4, 0.5) is 0 Å². The van der Waals surface area contributed by atoms with Crippen LogP contribution in [0.3, 0.4) is 0 Å². The Morgan fingerprint density at radius 3 is 2.62 bits per heavy atom. The van der Waals surface area contributed by atoms with Gasteiger partial charge in [0.15, 0.2) is 0 Å². The van der Waals surface area contributed by atoms with E-state index in [-0.39, 0.29) is 5.92 Å². The second kappa shape index (κ2) is 5.30. The lowest BCUT2D eigenvalue weighted by Gasteiger charge is -2.23. The number of amides is 1. The molecule has 0 unspecified atom stereocenters. The van der Waals surface area contributed by atoms with Crippen LogP contribution in [-0.2, 0) is 9.59 Å². The molecule has 1 aliphatic heterocycles. The van der Waals surface area contributed by atoms with Crippen molar-refractivity contribution in [2.75, 3.05) is 6.54 Å². The third-order valence-electron chi connectivity index (χ3n) is 3.12. The van der Waals surface area contributed by atoms with E-state index in [0.29, 0.717) is 13.0 Å². The summed E-state index contributed by atoms with van der Waals surface area (Å²) in [5, 5.41) is 18.7. The molecule has 2 N–H and O–H groups in total. The Labute approximate surface area is 95.1 Å². The van der Waals surface area contributed by atoms with Gasteiger partial charge in [-0.3, -0.25) is 4.79 Å². The number of aliphatic hydroxyl groups is 1. The van der Waals surface area contributed by atoms with Gasteiger partial charge in [0.2, 0.25) is 0 Å². The Morgan fingerprint density at radius 2 is 2.19 bits per heavy atom. The van der Waals surface area contributed by atoms with Crippen molar-refractivity contribution in [2.24, 2.45) is 5.92 Å². The lowest BCUT2D eigenvalue weighted by molar-refractivity contribution is -0.150. The fourth-order valence-corrected chi connectivity index (χ4v) is 2.24. The molecule has 0 aromatic rings. The summed E-state index contributed by atoms with van der Waals surface area (Å²) >= 11 is 0. The molecule has 3 atom stereocenters. The van der Waals surface area contributed by atoms with Crippen LogP contribution in [0.1, 0.15) is 33.1 Å². The first kappa shape index (κ1) is 13.0. The number of hydrogen-bond acceptors (Lipinski definition) is 3. The quantitative estimate of drug-likeness (QED) is 0.718. The van der Waals surface area contributed by atoms with Crippen molar-refractivity contribution in [3.8, 4) is 0 Å². The van der Waals surface area contributed by atoms with Crippen molar-refractivity contribution < 1.29 is 19.8 Å². The van der Waals surface area contributed by atoms with Crippen LogP contribution >= 0.6 is 0 Å². The molecule has 0 radical (unpaired) electrons.